The Kier molecular flexibility index (Phi) is 14.1. The molecule has 9 aromatic carbocycles. The molecule has 1 spiro atoms. The first-order chi connectivity index (χ1) is 34.6. The number of fused-ring (bicyclic) bond motifs is 7. The van der Waals surface area contributed by atoms with Crippen LogP contribution in [-0.2, 0) is 5.41 Å². The molecule has 1 unspecified atom stereocenters. The largest absolute Gasteiger partial charge is 0.398 e. The number of rotatable bonds is 8. The summed E-state index contributed by atoms with van der Waals surface area (Å²) in [6.07, 6.45) is 6.23. The van der Waals surface area contributed by atoms with Crippen LogP contribution in [0.25, 0.3) is 45.0 Å². The molecule has 0 saturated heterocycles. The lowest BCUT2D eigenvalue weighted by Gasteiger charge is -2.33. The van der Waals surface area contributed by atoms with Crippen LogP contribution in [0.3, 0.4) is 0 Å². The number of nitrogens with one attached hydrogen (secondary N) is 1. The van der Waals surface area contributed by atoms with Crippen LogP contribution in [0.4, 0.5) is 17.1 Å². The van der Waals surface area contributed by atoms with E-state index in [-0.39, 0.29) is 5.41 Å². The van der Waals surface area contributed by atoms with Gasteiger partial charge in [0.25, 0.3) is 0 Å². The van der Waals surface area contributed by atoms with E-state index in [0.717, 1.165) is 17.1 Å². The molecule has 0 aliphatic heterocycles. The summed E-state index contributed by atoms with van der Waals surface area (Å²) in [7, 11) is 0. The van der Waals surface area contributed by atoms with Gasteiger partial charge in [0.1, 0.15) is 0 Å². The van der Waals surface area contributed by atoms with Crippen LogP contribution in [0.2, 0.25) is 0 Å². The quantitative estimate of drug-likeness (QED) is 0.118. The van der Waals surface area contributed by atoms with Gasteiger partial charge in [-0.1, -0.05) is 219 Å². The summed E-state index contributed by atoms with van der Waals surface area (Å²) in [4.78, 5) is 0. The fraction of sp³-hybridized carbons (Fsp3) is 0.101. The highest BCUT2D eigenvalue weighted by atomic mass is 14.9. The van der Waals surface area contributed by atoms with Gasteiger partial charge in [-0.3, -0.25) is 0 Å². The van der Waals surface area contributed by atoms with Gasteiger partial charge < -0.3 is 11.1 Å². The summed E-state index contributed by atoms with van der Waals surface area (Å²) in [5.41, 5.74) is 33.8. The summed E-state index contributed by atoms with van der Waals surface area (Å²) >= 11 is 0. The summed E-state index contributed by atoms with van der Waals surface area (Å²) < 4.78 is 0. The van der Waals surface area contributed by atoms with Gasteiger partial charge in [0, 0.05) is 22.6 Å². The molecule has 11 rings (SSSR count). The van der Waals surface area contributed by atoms with E-state index in [1.807, 2.05) is 36.4 Å². The molecule has 3 N–H and O–H groups in total. The molecule has 0 aromatic heterocycles. The number of aryl methyl sites for hydroxylation is 3. The molecule has 348 valence electrons. The number of nitrogen functional groups attached to an aromatic ring is 1. The van der Waals surface area contributed by atoms with Crippen LogP contribution >= 0.6 is 0 Å². The van der Waals surface area contributed by atoms with E-state index in [9.17, 15) is 0 Å². The van der Waals surface area contributed by atoms with E-state index in [1.54, 1.807) is 0 Å². The Morgan fingerprint density at radius 3 is 1.63 bits per heavy atom. The molecule has 1 atom stereocenters. The van der Waals surface area contributed by atoms with E-state index < -0.39 is 0 Å². The van der Waals surface area contributed by atoms with Gasteiger partial charge in [-0.05, 0) is 166 Å². The lowest BCUT2D eigenvalue weighted by atomic mass is 9.67. The maximum absolute atomic E-state index is 6.59. The fourth-order valence-electron chi connectivity index (χ4n) is 10.7. The predicted molar refractivity (Wildman–Crippen MR) is 307 cm³/mol. The highest BCUT2D eigenvalue weighted by Gasteiger charge is 2.53. The van der Waals surface area contributed by atoms with Crippen molar-refractivity contribution < 1.29 is 0 Å². The van der Waals surface area contributed by atoms with E-state index in [0.29, 0.717) is 0 Å². The van der Waals surface area contributed by atoms with Crippen LogP contribution in [0.5, 0.6) is 0 Å². The number of para-hydroxylation sites is 1. The first-order valence-electron chi connectivity index (χ1n) is 24.6. The van der Waals surface area contributed by atoms with Gasteiger partial charge >= 0.3 is 0 Å². The molecule has 71 heavy (non-hydrogen) atoms. The topological polar surface area (TPSA) is 38.0 Å². The maximum Gasteiger partial charge on any atom is 0.0728 e. The Labute approximate surface area is 421 Å². The average Bonchev–Trinajstić information content (AvgIpc) is 3.85. The molecule has 0 radical (unpaired) electrons. The van der Waals surface area contributed by atoms with Gasteiger partial charge in [0.15, 0.2) is 0 Å². The summed E-state index contributed by atoms with van der Waals surface area (Å²) in [6.45, 7) is 17.1. The van der Waals surface area contributed by atoms with Gasteiger partial charge in [0.2, 0.25) is 0 Å². The Morgan fingerprint density at radius 2 is 0.986 bits per heavy atom. The molecule has 0 fully saturated rings. The van der Waals surface area contributed by atoms with E-state index >= 15 is 0 Å². The van der Waals surface area contributed by atoms with E-state index in [1.165, 1.54) is 106 Å². The zero-order valence-electron chi connectivity index (χ0n) is 41.8. The molecule has 2 heteroatoms. The molecule has 0 amide bonds. The van der Waals surface area contributed by atoms with Crippen LogP contribution in [-0.4, -0.2) is 0 Å². The van der Waals surface area contributed by atoms with Gasteiger partial charge in [-0.25, -0.2) is 0 Å². The van der Waals surface area contributed by atoms with Gasteiger partial charge in [0.05, 0.1) is 5.41 Å². The third-order valence-electron chi connectivity index (χ3n) is 14.2. The Hall–Kier alpha value is -8.46. The van der Waals surface area contributed by atoms with Gasteiger partial charge in [-0.15, -0.1) is 0 Å². The van der Waals surface area contributed by atoms with Crippen molar-refractivity contribution in [1.29, 1.82) is 0 Å². The predicted octanol–water partition coefficient (Wildman–Crippen LogP) is 18.2. The molecule has 0 saturated carbocycles. The third-order valence-corrected chi connectivity index (χ3v) is 14.2. The lowest BCUT2D eigenvalue weighted by molar-refractivity contribution is 0.841. The zero-order valence-corrected chi connectivity index (χ0v) is 41.8. The van der Waals surface area contributed by atoms with Crippen LogP contribution in [0, 0.1) is 27.7 Å². The monoisotopic (exact) mass is 918 g/mol. The molecule has 2 nitrogen and oxygen atoms in total. The Morgan fingerprint density at radius 1 is 0.479 bits per heavy atom. The first kappa shape index (κ1) is 47.6. The highest BCUT2D eigenvalue weighted by molar-refractivity contribution is 6.10. The molecule has 0 heterocycles. The average molecular weight is 919 g/mol. The van der Waals surface area contributed by atoms with Gasteiger partial charge in [-0.2, -0.15) is 0 Å². The number of hydrogen-bond acceptors (Lipinski definition) is 2. The first-order valence-corrected chi connectivity index (χ1v) is 24.6. The number of allylic oxidation sites excluding steroid dienone is 6. The van der Waals surface area contributed by atoms with Crippen molar-refractivity contribution in [1.82, 2.24) is 0 Å². The van der Waals surface area contributed by atoms with E-state index in [2.05, 4.69) is 254 Å². The lowest BCUT2D eigenvalue weighted by Crippen LogP contribution is -2.27. The maximum atomic E-state index is 6.59. The number of anilines is 3. The minimum Gasteiger partial charge on any atom is -0.398 e. The fourth-order valence-corrected chi connectivity index (χ4v) is 10.7. The van der Waals surface area contributed by atoms with Crippen molar-refractivity contribution in [3.05, 3.63) is 304 Å². The van der Waals surface area contributed by atoms with E-state index in [4.69, 9.17) is 5.73 Å². The minimum atomic E-state index is -0.339. The van der Waals surface area contributed by atoms with Crippen LogP contribution in [0.15, 0.2) is 243 Å². The van der Waals surface area contributed by atoms with Crippen molar-refractivity contribution in [2.45, 2.75) is 47.0 Å². The second-order valence-corrected chi connectivity index (χ2v) is 18.6. The smallest absolute Gasteiger partial charge is 0.0728 e. The minimum absolute atomic E-state index is 0.339. The number of benzene rings is 9. The molecule has 2 aliphatic carbocycles. The highest BCUT2D eigenvalue weighted by Crippen LogP contribution is 2.65. The second kappa shape index (κ2) is 21.0. The molecular formula is C69H62N2. The standard InChI is InChI=1S/C29H23N.C20H19N.C20H20/c1-18-10-3-4-11-20(18)28-19(2)21-12-5-7-14-23(21)29(28)24-15-8-6-13-22(24)27-25(29)16-9-17-26(27)30;1-15-9-6-7-12-18(15)19-13-8-14-20(16(19)2)21-17-10-4-3-5-11-17;1-4-19(20-13-9-8-10-16(20)2)17(3)14-15-18-11-6-5-7-12-18/h3-17H,30H2,1-2H3;3-14,21H,1-2H3;4-15H,1H2,2-3H3/b;;15-14-,19-17+. The Balaban J connectivity index is 0.000000136. The second-order valence-electron chi connectivity index (χ2n) is 18.6. The summed E-state index contributed by atoms with van der Waals surface area (Å²) in [6, 6.07) is 76.9. The van der Waals surface area contributed by atoms with Crippen molar-refractivity contribution in [3.8, 4) is 22.3 Å². The van der Waals surface area contributed by atoms with Crippen molar-refractivity contribution in [3.63, 3.8) is 0 Å². The molecule has 2 aliphatic rings. The number of hydrogen-bond donors (Lipinski definition) is 2. The van der Waals surface area contributed by atoms with Crippen LogP contribution in [0.1, 0.15) is 75.0 Å². The van der Waals surface area contributed by atoms with Crippen molar-refractivity contribution >= 4 is 39.9 Å². The zero-order chi connectivity index (χ0) is 49.5. The molecule has 9 aromatic rings. The van der Waals surface area contributed by atoms with Crippen molar-refractivity contribution in [2.75, 3.05) is 11.1 Å². The summed E-state index contributed by atoms with van der Waals surface area (Å²) in [5, 5.41) is 3.50. The Bertz CT molecular complexity index is 3480. The molecular weight excluding hydrogens is 857 g/mol. The SMILES string of the molecule is C=C/C(=C(C)\C=C/c1ccccc1)c1ccccc1C.CC1=C(c2ccccc2C)C2(c3ccccc31)c1ccccc1-c1c(N)cccc12.Cc1ccccc1-c1cccc(Nc2ccccc2)c1C. The number of nitrogens with two attached hydrogens (primary N) is 1. The third kappa shape index (κ3) is 9.25. The van der Waals surface area contributed by atoms with Crippen molar-refractivity contribution in [2.24, 2.45) is 0 Å². The summed E-state index contributed by atoms with van der Waals surface area (Å²) in [5.74, 6) is 0. The van der Waals surface area contributed by atoms with Crippen LogP contribution < -0.4 is 11.1 Å². The normalized spacial score (nSPS) is 14.3. The molecule has 0 bridgehead atoms.